The Kier molecular flexibility index (Phi) is 11.9. The van der Waals surface area contributed by atoms with Crippen molar-refractivity contribution in [2.45, 2.75) is 57.9 Å². The molecule has 60 heavy (non-hydrogen) atoms. The Bertz CT molecular complexity index is 2500. The van der Waals surface area contributed by atoms with Crippen LogP contribution in [0.1, 0.15) is 63.6 Å². The lowest BCUT2D eigenvalue weighted by molar-refractivity contribution is -0.134. The maximum atomic E-state index is 13.2. The number of aromatic nitrogens is 6. The molecule has 8 rings (SSSR count). The van der Waals surface area contributed by atoms with Crippen LogP contribution in [-0.4, -0.2) is 111 Å². The Morgan fingerprint density at radius 2 is 1.80 bits per heavy atom. The van der Waals surface area contributed by atoms with Crippen LogP contribution in [0.15, 0.2) is 47.5 Å². The number of nitrogens with zero attached hydrogens (tertiary/aromatic N) is 9. The van der Waals surface area contributed by atoms with Crippen molar-refractivity contribution in [2.75, 3.05) is 74.6 Å². The number of pyridine rings is 2. The van der Waals surface area contributed by atoms with Crippen molar-refractivity contribution in [1.82, 2.24) is 44.8 Å². The molecule has 0 radical (unpaired) electrons. The van der Waals surface area contributed by atoms with Gasteiger partial charge in [-0.25, -0.2) is 9.97 Å². The fourth-order valence-corrected chi connectivity index (χ4v) is 8.71. The molecule has 0 spiro atoms. The predicted molar refractivity (Wildman–Crippen MR) is 230 cm³/mol. The monoisotopic (exact) mass is 838 g/mol. The van der Waals surface area contributed by atoms with Crippen molar-refractivity contribution in [1.29, 1.82) is 0 Å². The van der Waals surface area contributed by atoms with Gasteiger partial charge in [-0.1, -0.05) is 11.6 Å². The van der Waals surface area contributed by atoms with Gasteiger partial charge in [0.25, 0.3) is 11.5 Å². The second-order valence-electron chi connectivity index (χ2n) is 16.2. The largest absolute Gasteiger partial charge is 0.478 e. The SMILES string of the molecule is CNC(=O)COc1cc2cc(Nc3nc(N4CCC(CN5CCCN(c6ccc7c(C8CCC(=O)NC8=O)nn(C)c7c6)CC5)CC4)ncc3Cl)cnc2n(C(C)C)c1=O. The van der Waals surface area contributed by atoms with Crippen LogP contribution >= 0.6 is 11.6 Å². The van der Waals surface area contributed by atoms with Gasteiger partial charge in [0.15, 0.2) is 18.2 Å². The van der Waals surface area contributed by atoms with Crippen LogP contribution in [0.3, 0.4) is 0 Å². The van der Waals surface area contributed by atoms with E-state index in [1.54, 1.807) is 23.0 Å². The van der Waals surface area contributed by atoms with E-state index in [-0.39, 0.29) is 41.7 Å². The fourth-order valence-electron chi connectivity index (χ4n) is 8.58. The molecule has 3 amide bonds. The Morgan fingerprint density at radius 3 is 2.57 bits per heavy atom. The lowest BCUT2D eigenvalue weighted by atomic mass is 9.93. The summed E-state index contributed by atoms with van der Waals surface area (Å²) < 4.78 is 8.99. The molecule has 1 atom stereocenters. The number of hydrogen-bond acceptors (Lipinski definition) is 13. The van der Waals surface area contributed by atoms with Gasteiger partial charge >= 0.3 is 0 Å². The van der Waals surface area contributed by atoms with Crippen LogP contribution in [-0.2, 0) is 21.4 Å². The predicted octanol–water partition coefficient (Wildman–Crippen LogP) is 4.12. The van der Waals surface area contributed by atoms with Gasteiger partial charge in [-0.05, 0) is 82.3 Å². The van der Waals surface area contributed by atoms with Crippen LogP contribution in [0.2, 0.25) is 5.02 Å². The summed E-state index contributed by atoms with van der Waals surface area (Å²) in [5, 5.41) is 15.0. The van der Waals surface area contributed by atoms with Crippen molar-refractivity contribution < 1.29 is 19.1 Å². The Hall–Kier alpha value is -5.81. The third-order valence-corrected chi connectivity index (χ3v) is 12.1. The summed E-state index contributed by atoms with van der Waals surface area (Å²) in [6.07, 6.45) is 7.17. The van der Waals surface area contributed by atoms with Gasteiger partial charge in [0.05, 0.1) is 35.2 Å². The first-order valence-electron chi connectivity index (χ1n) is 20.7. The molecular formula is C42H51ClN12O5. The lowest BCUT2D eigenvalue weighted by Crippen LogP contribution is -2.40. The summed E-state index contributed by atoms with van der Waals surface area (Å²) in [5.74, 6) is 0.425. The highest BCUT2D eigenvalue weighted by atomic mass is 35.5. The lowest BCUT2D eigenvalue weighted by Gasteiger charge is -2.34. The standard InChI is InChI=1S/C42H51ClN12O5/c1-25(2)55-39-27(19-34(41(55)59)60-24-36(57)44-3)18-28(21-45-39)47-38-32(43)22-46-42(49-38)54-14-10-26(11-15-54)23-52-12-5-13-53(17-16-52)29-6-7-30-33(20-29)51(4)50-37(30)31-8-9-35(56)48-40(31)58/h6-7,18-22,25-26,31H,5,8-17,23-24H2,1-4H3,(H,44,57)(H,46,47,49)(H,48,56,58). The molecule has 5 aromatic rings. The third-order valence-electron chi connectivity index (χ3n) is 11.8. The number of rotatable bonds is 11. The van der Waals surface area contributed by atoms with E-state index < -0.39 is 5.92 Å². The highest BCUT2D eigenvalue weighted by Gasteiger charge is 2.32. The van der Waals surface area contributed by atoms with Gasteiger partial charge in [-0.15, -0.1) is 0 Å². The van der Waals surface area contributed by atoms with Crippen molar-refractivity contribution >= 4 is 74.4 Å². The van der Waals surface area contributed by atoms with E-state index in [4.69, 9.17) is 26.4 Å². The van der Waals surface area contributed by atoms with Gasteiger partial charge < -0.3 is 30.1 Å². The number of imide groups is 1. The third kappa shape index (κ3) is 8.59. The second kappa shape index (κ2) is 17.4. The quantitative estimate of drug-likeness (QED) is 0.162. The zero-order valence-corrected chi connectivity index (χ0v) is 35.2. The normalized spacial score (nSPS) is 18.3. The Morgan fingerprint density at radius 1 is 0.983 bits per heavy atom. The number of ether oxygens (including phenoxy) is 1. The van der Waals surface area contributed by atoms with Crippen LogP contribution in [0.5, 0.6) is 5.75 Å². The molecule has 17 nitrogen and oxygen atoms in total. The Balaban J connectivity index is 0.873. The minimum absolute atomic E-state index is 0.0610. The molecule has 3 fully saturated rings. The number of nitrogens with one attached hydrogen (secondary N) is 3. The Labute approximate surface area is 352 Å². The maximum Gasteiger partial charge on any atom is 0.294 e. The summed E-state index contributed by atoms with van der Waals surface area (Å²) in [6, 6.07) is 9.64. The zero-order chi connectivity index (χ0) is 42.1. The highest BCUT2D eigenvalue weighted by molar-refractivity contribution is 6.33. The minimum Gasteiger partial charge on any atom is -0.478 e. The zero-order valence-electron chi connectivity index (χ0n) is 34.4. The first-order chi connectivity index (χ1) is 28.9. The summed E-state index contributed by atoms with van der Waals surface area (Å²) >= 11 is 6.60. The molecule has 3 saturated heterocycles. The number of halogens is 1. The van der Waals surface area contributed by atoms with E-state index >= 15 is 0 Å². The summed E-state index contributed by atoms with van der Waals surface area (Å²) in [4.78, 5) is 70.7. The maximum absolute atomic E-state index is 13.2. The van der Waals surface area contributed by atoms with Gasteiger partial charge in [0.2, 0.25) is 17.8 Å². The number of likely N-dealkylation sites (N-methyl/N-ethyl adjacent to an activating group) is 1. The van der Waals surface area contributed by atoms with Gasteiger partial charge in [-0.3, -0.25) is 33.7 Å². The number of amides is 3. The first kappa shape index (κ1) is 40.9. The topological polar surface area (TPSA) is 185 Å². The molecule has 7 heterocycles. The van der Waals surface area contributed by atoms with E-state index in [0.29, 0.717) is 52.3 Å². The van der Waals surface area contributed by atoms with Crippen molar-refractivity contribution in [3.63, 3.8) is 0 Å². The molecule has 0 aliphatic carbocycles. The van der Waals surface area contributed by atoms with Gasteiger partial charge in [-0.2, -0.15) is 10.1 Å². The molecule has 0 saturated carbocycles. The van der Waals surface area contributed by atoms with Crippen LogP contribution in [0, 0.1) is 5.92 Å². The molecule has 4 aromatic heterocycles. The number of carbonyl (C=O) groups is 3. The fraction of sp³-hybridized carbons (Fsp3) is 0.476. The van der Waals surface area contributed by atoms with Gasteiger partial charge in [0, 0.05) is 82.3 Å². The number of fused-ring (bicyclic) bond motifs is 2. The molecule has 1 aromatic carbocycles. The number of carbonyl (C=O) groups excluding carboxylic acids is 3. The molecule has 1 unspecified atom stereocenters. The molecule has 3 aliphatic heterocycles. The van der Waals surface area contributed by atoms with E-state index in [2.05, 4.69) is 58.8 Å². The molecule has 3 N–H and O–H groups in total. The van der Waals surface area contributed by atoms with Crippen LogP contribution in [0.4, 0.5) is 23.1 Å². The molecule has 0 bridgehead atoms. The van der Waals surface area contributed by atoms with E-state index in [9.17, 15) is 19.2 Å². The molecule has 3 aliphatic rings. The smallest absolute Gasteiger partial charge is 0.294 e. The van der Waals surface area contributed by atoms with Crippen LogP contribution < -0.4 is 36.0 Å². The minimum atomic E-state index is -0.418. The molecule has 316 valence electrons. The van der Waals surface area contributed by atoms with Crippen molar-refractivity contribution in [2.24, 2.45) is 13.0 Å². The van der Waals surface area contributed by atoms with Crippen LogP contribution in [0.25, 0.3) is 21.9 Å². The summed E-state index contributed by atoms with van der Waals surface area (Å²) in [7, 11) is 3.42. The van der Waals surface area contributed by atoms with Crippen molar-refractivity contribution in [3.05, 3.63) is 63.8 Å². The summed E-state index contributed by atoms with van der Waals surface area (Å²) in [5.41, 5.74) is 3.62. The van der Waals surface area contributed by atoms with E-state index in [1.165, 1.54) is 7.05 Å². The van der Waals surface area contributed by atoms with E-state index in [1.807, 2.05) is 31.6 Å². The number of benzene rings is 1. The van der Waals surface area contributed by atoms with Crippen molar-refractivity contribution in [3.8, 4) is 5.75 Å². The highest BCUT2D eigenvalue weighted by Crippen LogP contribution is 2.33. The summed E-state index contributed by atoms with van der Waals surface area (Å²) in [6.45, 7) is 10.1. The number of anilines is 4. The average molecular weight is 839 g/mol. The van der Waals surface area contributed by atoms with Gasteiger partial charge in [0.1, 0.15) is 10.7 Å². The number of aryl methyl sites for hydroxylation is 1. The molecular weight excluding hydrogens is 788 g/mol. The number of hydrogen-bond donors (Lipinski definition) is 3. The first-order valence-corrected chi connectivity index (χ1v) is 21.0. The average Bonchev–Trinajstić information content (AvgIpc) is 3.38. The second-order valence-corrected chi connectivity index (χ2v) is 16.6. The number of piperidine rings is 2. The van der Waals surface area contributed by atoms with E-state index in [0.717, 1.165) is 87.4 Å². The molecule has 18 heteroatoms.